The number of benzene rings is 3. The Kier molecular flexibility index (Phi) is 7.25. The first-order chi connectivity index (χ1) is 17.0. The fourth-order valence-corrected chi connectivity index (χ4v) is 3.86. The maximum absolute atomic E-state index is 13.1. The van der Waals surface area contributed by atoms with Crippen LogP contribution in [0.2, 0.25) is 0 Å². The fraction of sp³-hybridized carbons (Fsp3) is 0.231. The molecule has 0 fully saturated rings. The van der Waals surface area contributed by atoms with Gasteiger partial charge in [0.1, 0.15) is 12.1 Å². The minimum atomic E-state index is -0.187. The van der Waals surface area contributed by atoms with Crippen LogP contribution in [0.1, 0.15) is 21.5 Å². The summed E-state index contributed by atoms with van der Waals surface area (Å²) in [5.74, 6) is 1.91. The number of hydrogen-bond donors (Lipinski definition) is 1. The van der Waals surface area contributed by atoms with Crippen molar-refractivity contribution >= 4 is 5.91 Å². The SMILES string of the molecule is COc1ccc(-c2cc(C(=O)NCCc3ccc(OC)c(OC)c3)cc(-n3cnnn3)c2)c(C)c1. The Morgan fingerprint density at radius 3 is 2.46 bits per heavy atom. The number of carbonyl (C=O) groups excluding carboxylic acids is 1. The van der Waals surface area contributed by atoms with Gasteiger partial charge in [0, 0.05) is 12.1 Å². The normalized spacial score (nSPS) is 10.6. The first kappa shape index (κ1) is 23.7. The number of rotatable bonds is 9. The van der Waals surface area contributed by atoms with Gasteiger partial charge in [0.25, 0.3) is 5.91 Å². The van der Waals surface area contributed by atoms with E-state index >= 15 is 0 Å². The molecule has 0 unspecified atom stereocenters. The van der Waals surface area contributed by atoms with Crippen LogP contribution in [0.3, 0.4) is 0 Å². The summed E-state index contributed by atoms with van der Waals surface area (Å²) in [7, 11) is 4.84. The molecule has 0 atom stereocenters. The maximum atomic E-state index is 13.1. The van der Waals surface area contributed by atoms with Crippen molar-refractivity contribution in [3.05, 3.63) is 77.6 Å². The second-order valence-electron chi connectivity index (χ2n) is 7.90. The molecule has 1 amide bonds. The Balaban J connectivity index is 1.57. The lowest BCUT2D eigenvalue weighted by atomic mass is 9.97. The fourth-order valence-electron chi connectivity index (χ4n) is 3.86. The summed E-state index contributed by atoms with van der Waals surface area (Å²) in [5.41, 5.74) is 5.12. The zero-order valence-corrected chi connectivity index (χ0v) is 20.1. The maximum Gasteiger partial charge on any atom is 0.251 e. The standard InChI is InChI=1S/C26H27N5O4/c1-17-11-22(33-2)6-7-23(17)19-13-20(15-21(14-19)31-16-28-29-30-31)26(32)27-10-9-18-5-8-24(34-3)25(12-18)35-4/h5-8,11-16H,9-10H2,1-4H3,(H,27,32). The minimum Gasteiger partial charge on any atom is -0.497 e. The molecule has 35 heavy (non-hydrogen) atoms. The lowest BCUT2D eigenvalue weighted by Crippen LogP contribution is -2.26. The third-order valence-corrected chi connectivity index (χ3v) is 5.69. The van der Waals surface area contributed by atoms with Gasteiger partial charge >= 0.3 is 0 Å². The first-order valence-corrected chi connectivity index (χ1v) is 11.0. The molecule has 0 aliphatic rings. The highest BCUT2D eigenvalue weighted by Crippen LogP contribution is 2.30. The highest BCUT2D eigenvalue weighted by molar-refractivity contribution is 5.96. The van der Waals surface area contributed by atoms with E-state index in [1.807, 2.05) is 55.5 Å². The van der Waals surface area contributed by atoms with E-state index in [0.29, 0.717) is 35.7 Å². The lowest BCUT2D eigenvalue weighted by Gasteiger charge is -2.13. The van der Waals surface area contributed by atoms with Crippen molar-refractivity contribution in [2.75, 3.05) is 27.9 Å². The van der Waals surface area contributed by atoms with Crippen LogP contribution < -0.4 is 19.5 Å². The molecule has 0 aliphatic carbocycles. The molecule has 0 aliphatic heterocycles. The summed E-state index contributed by atoms with van der Waals surface area (Å²) >= 11 is 0. The second-order valence-corrected chi connectivity index (χ2v) is 7.90. The third kappa shape index (κ3) is 5.40. The van der Waals surface area contributed by atoms with Gasteiger partial charge in [0.05, 0.1) is 27.0 Å². The van der Waals surface area contributed by atoms with E-state index in [4.69, 9.17) is 14.2 Å². The molecular weight excluding hydrogens is 446 g/mol. The van der Waals surface area contributed by atoms with Crippen molar-refractivity contribution < 1.29 is 19.0 Å². The van der Waals surface area contributed by atoms with Crippen molar-refractivity contribution in [2.45, 2.75) is 13.3 Å². The van der Waals surface area contributed by atoms with Crippen LogP contribution >= 0.6 is 0 Å². The highest BCUT2D eigenvalue weighted by atomic mass is 16.5. The van der Waals surface area contributed by atoms with E-state index in [9.17, 15) is 4.79 Å². The summed E-state index contributed by atoms with van der Waals surface area (Å²) < 4.78 is 17.5. The summed E-state index contributed by atoms with van der Waals surface area (Å²) in [5, 5.41) is 14.4. The monoisotopic (exact) mass is 473 g/mol. The predicted molar refractivity (Wildman–Crippen MR) is 131 cm³/mol. The van der Waals surface area contributed by atoms with E-state index in [-0.39, 0.29) is 5.91 Å². The predicted octanol–water partition coefficient (Wildman–Crippen LogP) is 3.64. The van der Waals surface area contributed by atoms with Gasteiger partial charge in [-0.05, 0) is 88.5 Å². The van der Waals surface area contributed by atoms with Crippen molar-refractivity contribution in [3.63, 3.8) is 0 Å². The molecule has 1 heterocycles. The summed E-state index contributed by atoms with van der Waals surface area (Å²) in [6.07, 6.45) is 2.14. The van der Waals surface area contributed by atoms with Crippen molar-refractivity contribution in [2.24, 2.45) is 0 Å². The number of nitrogens with zero attached hydrogens (tertiary/aromatic N) is 4. The molecule has 4 aromatic rings. The van der Waals surface area contributed by atoms with E-state index in [2.05, 4.69) is 20.8 Å². The Morgan fingerprint density at radius 2 is 1.77 bits per heavy atom. The largest absolute Gasteiger partial charge is 0.497 e. The zero-order valence-electron chi connectivity index (χ0n) is 20.1. The molecule has 1 N–H and O–H groups in total. The van der Waals surface area contributed by atoms with Crippen LogP contribution in [0.4, 0.5) is 0 Å². The van der Waals surface area contributed by atoms with Gasteiger partial charge in [-0.2, -0.15) is 0 Å². The molecular formula is C26H27N5O4. The van der Waals surface area contributed by atoms with Crippen molar-refractivity contribution in [1.82, 2.24) is 25.5 Å². The average Bonchev–Trinajstić information content (AvgIpc) is 3.43. The number of carbonyl (C=O) groups is 1. The molecule has 3 aromatic carbocycles. The number of aromatic nitrogens is 4. The van der Waals surface area contributed by atoms with Crippen LogP contribution in [-0.4, -0.2) is 54.0 Å². The lowest BCUT2D eigenvalue weighted by molar-refractivity contribution is 0.0954. The van der Waals surface area contributed by atoms with Gasteiger partial charge in [-0.25, -0.2) is 4.68 Å². The summed E-state index contributed by atoms with van der Waals surface area (Å²) in [4.78, 5) is 13.1. The Bertz CT molecular complexity index is 1320. The van der Waals surface area contributed by atoms with Gasteiger partial charge in [0.15, 0.2) is 11.5 Å². The number of aryl methyl sites for hydroxylation is 1. The summed E-state index contributed by atoms with van der Waals surface area (Å²) in [6.45, 7) is 2.46. The number of tetrazole rings is 1. The van der Waals surface area contributed by atoms with E-state index < -0.39 is 0 Å². The van der Waals surface area contributed by atoms with Crippen LogP contribution in [0.5, 0.6) is 17.2 Å². The highest BCUT2D eigenvalue weighted by Gasteiger charge is 2.14. The van der Waals surface area contributed by atoms with E-state index in [1.54, 1.807) is 27.4 Å². The minimum absolute atomic E-state index is 0.187. The second kappa shape index (κ2) is 10.7. The molecule has 0 spiro atoms. The Hall–Kier alpha value is -4.40. The third-order valence-electron chi connectivity index (χ3n) is 5.69. The molecule has 0 radical (unpaired) electrons. The summed E-state index contributed by atoms with van der Waals surface area (Å²) in [6, 6.07) is 17.1. The zero-order chi connectivity index (χ0) is 24.8. The van der Waals surface area contributed by atoms with Gasteiger partial charge in [-0.3, -0.25) is 4.79 Å². The number of amides is 1. The van der Waals surface area contributed by atoms with Crippen LogP contribution in [0.25, 0.3) is 16.8 Å². The van der Waals surface area contributed by atoms with Crippen molar-refractivity contribution in [1.29, 1.82) is 0 Å². The van der Waals surface area contributed by atoms with Gasteiger partial charge < -0.3 is 19.5 Å². The molecule has 0 saturated carbocycles. The van der Waals surface area contributed by atoms with E-state index in [0.717, 1.165) is 28.0 Å². The van der Waals surface area contributed by atoms with Crippen LogP contribution in [0.15, 0.2) is 60.9 Å². The van der Waals surface area contributed by atoms with Crippen LogP contribution in [0, 0.1) is 6.92 Å². The number of hydrogen-bond acceptors (Lipinski definition) is 7. The molecule has 0 saturated heterocycles. The average molecular weight is 474 g/mol. The molecule has 0 bridgehead atoms. The molecule has 180 valence electrons. The Morgan fingerprint density at radius 1 is 0.943 bits per heavy atom. The Labute approximate surface area is 203 Å². The smallest absolute Gasteiger partial charge is 0.251 e. The molecule has 9 heteroatoms. The molecule has 4 rings (SSSR count). The van der Waals surface area contributed by atoms with Gasteiger partial charge in [-0.1, -0.05) is 12.1 Å². The van der Waals surface area contributed by atoms with Gasteiger partial charge in [0.2, 0.25) is 0 Å². The van der Waals surface area contributed by atoms with Crippen molar-refractivity contribution in [3.8, 4) is 34.1 Å². The number of methoxy groups -OCH3 is 3. The quantitative estimate of drug-likeness (QED) is 0.396. The van der Waals surface area contributed by atoms with Crippen LogP contribution in [-0.2, 0) is 6.42 Å². The van der Waals surface area contributed by atoms with E-state index in [1.165, 1.54) is 11.0 Å². The topological polar surface area (TPSA) is 100 Å². The number of ether oxygens (including phenoxy) is 3. The number of nitrogens with one attached hydrogen (secondary N) is 1. The first-order valence-electron chi connectivity index (χ1n) is 11.0. The molecule has 9 nitrogen and oxygen atoms in total. The molecule has 1 aromatic heterocycles. The van der Waals surface area contributed by atoms with Gasteiger partial charge in [-0.15, -0.1) is 5.10 Å².